The lowest BCUT2D eigenvalue weighted by Gasteiger charge is -2.19. The maximum atomic E-state index is 12.3. The van der Waals surface area contributed by atoms with Gasteiger partial charge in [-0.3, -0.25) is 9.59 Å². The van der Waals surface area contributed by atoms with E-state index in [1.165, 1.54) is 6.92 Å². The molecule has 0 spiro atoms. The Morgan fingerprint density at radius 3 is 2.55 bits per heavy atom. The molecular weight excluding hydrogens is 378 g/mol. The van der Waals surface area contributed by atoms with Gasteiger partial charge in [-0.15, -0.1) is 0 Å². The van der Waals surface area contributed by atoms with Crippen LogP contribution in [0.4, 0.5) is 10.5 Å². The highest BCUT2D eigenvalue weighted by Crippen LogP contribution is 2.34. The normalized spacial score (nSPS) is 13.8. The minimum absolute atomic E-state index is 0.128. The summed E-state index contributed by atoms with van der Waals surface area (Å²) in [6.45, 7) is 1.59. The number of esters is 1. The molecule has 2 aromatic carbocycles. The van der Waals surface area contributed by atoms with Gasteiger partial charge in [0.15, 0.2) is 17.6 Å². The highest BCUT2D eigenvalue weighted by molar-refractivity contribution is 5.95. The minimum Gasteiger partial charge on any atom is -0.454 e. The highest BCUT2D eigenvalue weighted by atomic mass is 16.7. The van der Waals surface area contributed by atoms with Crippen molar-refractivity contribution in [1.29, 1.82) is 0 Å². The number of urea groups is 1. The largest absolute Gasteiger partial charge is 0.454 e. The number of primary amides is 1. The third kappa shape index (κ3) is 5.38. The quantitative estimate of drug-likeness (QED) is 0.612. The SMILES string of the molecule is C[C@H](OC(=O)C[C@H](NC(N)=O)c1ccccc1)C(=O)Nc1ccc2c(c1)OCO2. The molecule has 4 N–H and O–H groups in total. The number of rotatable bonds is 7. The van der Waals surface area contributed by atoms with Crippen LogP contribution in [0.2, 0.25) is 0 Å². The van der Waals surface area contributed by atoms with Gasteiger partial charge >= 0.3 is 12.0 Å². The van der Waals surface area contributed by atoms with Crippen molar-refractivity contribution < 1.29 is 28.6 Å². The van der Waals surface area contributed by atoms with Gasteiger partial charge < -0.3 is 30.6 Å². The average Bonchev–Trinajstić information content (AvgIpc) is 3.15. The Bertz CT molecular complexity index is 902. The number of hydrogen-bond donors (Lipinski definition) is 3. The van der Waals surface area contributed by atoms with Gasteiger partial charge in [-0.25, -0.2) is 4.79 Å². The summed E-state index contributed by atoms with van der Waals surface area (Å²) in [4.78, 5) is 35.9. The molecule has 29 heavy (non-hydrogen) atoms. The first-order valence-corrected chi connectivity index (χ1v) is 8.93. The molecule has 3 amide bonds. The summed E-state index contributed by atoms with van der Waals surface area (Å²) in [7, 11) is 0. The number of hydrogen-bond acceptors (Lipinski definition) is 6. The van der Waals surface area contributed by atoms with E-state index in [4.69, 9.17) is 19.9 Å². The third-order valence-electron chi connectivity index (χ3n) is 4.21. The number of benzene rings is 2. The fourth-order valence-corrected chi connectivity index (χ4v) is 2.79. The van der Waals surface area contributed by atoms with Crippen LogP contribution in [0, 0.1) is 0 Å². The lowest BCUT2D eigenvalue weighted by atomic mass is 10.0. The fraction of sp³-hybridized carbons (Fsp3) is 0.250. The number of nitrogens with two attached hydrogens (primary N) is 1. The molecule has 2 aromatic rings. The predicted octanol–water partition coefficient (Wildman–Crippen LogP) is 2.09. The van der Waals surface area contributed by atoms with Crippen molar-refractivity contribution in [2.45, 2.75) is 25.5 Å². The topological polar surface area (TPSA) is 129 Å². The van der Waals surface area contributed by atoms with E-state index < -0.39 is 30.1 Å². The van der Waals surface area contributed by atoms with Gasteiger partial charge in [0.25, 0.3) is 5.91 Å². The summed E-state index contributed by atoms with van der Waals surface area (Å²) in [6.07, 6.45) is -1.22. The zero-order chi connectivity index (χ0) is 20.8. The van der Waals surface area contributed by atoms with Gasteiger partial charge in [0.1, 0.15) is 0 Å². The van der Waals surface area contributed by atoms with Crippen LogP contribution in [0.15, 0.2) is 48.5 Å². The van der Waals surface area contributed by atoms with Crippen molar-refractivity contribution in [1.82, 2.24) is 5.32 Å². The van der Waals surface area contributed by atoms with E-state index in [1.54, 1.807) is 42.5 Å². The van der Waals surface area contributed by atoms with Gasteiger partial charge in [0.2, 0.25) is 6.79 Å². The molecule has 0 aliphatic carbocycles. The summed E-state index contributed by atoms with van der Waals surface area (Å²) in [5.41, 5.74) is 6.38. The Kier molecular flexibility index (Phi) is 6.18. The van der Waals surface area contributed by atoms with Gasteiger partial charge in [0.05, 0.1) is 12.5 Å². The fourth-order valence-electron chi connectivity index (χ4n) is 2.79. The Morgan fingerprint density at radius 1 is 1.10 bits per heavy atom. The van der Waals surface area contributed by atoms with Crippen LogP contribution in [0.3, 0.4) is 0 Å². The number of nitrogens with one attached hydrogen (secondary N) is 2. The van der Waals surface area contributed by atoms with Crippen LogP contribution in [0.1, 0.15) is 24.9 Å². The summed E-state index contributed by atoms with van der Waals surface area (Å²) >= 11 is 0. The summed E-state index contributed by atoms with van der Waals surface area (Å²) in [5, 5.41) is 5.16. The number of amides is 3. The van der Waals surface area contributed by atoms with E-state index in [0.29, 0.717) is 22.7 Å². The first kappa shape index (κ1) is 20.0. The first-order chi connectivity index (χ1) is 13.9. The second-order valence-corrected chi connectivity index (χ2v) is 6.37. The molecule has 9 heteroatoms. The van der Waals surface area contributed by atoms with Crippen molar-refractivity contribution in [3.8, 4) is 11.5 Å². The third-order valence-corrected chi connectivity index (χ3v) is 4.21. The molecule has 0 aromatic heterocycles. The van der Waals surface area contributed by atoms with Crippen LogP contribution in [0.25, 0.3) is 0 Å². The molecule has 0 fully saturated rings. The molecule has 3 rings (SSSR count). The van der Waals surface area contributed by atoms with Crippen LogP contribution < -0.4 is 25.8 Å². The Hall–Kier alpha value is -3.75. The molecule has 1 aliphatic rings. The number of fused-ring (bicyclic) bond motifs is 1. The van der Waals surface area contributed by atoms with E-state index in [1.807, 2.05) is 6.07 Å². The maximum Gasteiger partial charge on any atom is 0.312 e. The van der Waals surface area contributed by atoms with E-state index in [-0.39, 0.29) is 13.2 Å². The van der Waals surface area contributed by atoms with Crippen LogP contribution in [-0.2, 0) is 14.3 Å². The molecular formula is C20H21N3O6. The lowest BCUT2D eigenvalue weighted by molar-refractivity contribution is -0.153. The monoisotopic (exact) mass is 399 g/mol. The standard InChI is InChI=1S/C20H21N3O6/c1-12(19(25)22-14-7-8-16-17(9-14)28-11-27-16)29-18(24)10-15(23-20(21)26)13-5-3-2-4-6-13/h2-9,12,15H,10-11H2,1H3,(H,22,25)(H3,21,23,26)/t12-,15-/m0/s1. The van der Waals surface area contributed by atoms with Gasteiger partial charge in [-0.1, -0.05) is 30.3 Å². The Balaban J connectivity index is 1.57. The molecule has 0 bridgehead atoms. The van der Waals surface area contributed by atoms with Gasteiger partial charge in [0, 0.05) is 11.8 Å². The molecule has 152 valence electrons. The average molecular weight is 399 g/mol. The Morgan fingerprint density at radius 2 is 1.83 bits per heavy atom. The number of ether oxygens (including phenoxy) is 3. The smallest absolute Gasteiger partial charge is 0.312 e. The first-order valence-electron chi connectivity index (χ1n) is 8.93. The van der Waals surface area contributed by atoms with E-state index in [2.05, 4.69) is 10.6 Å². The predicted molar refractivity (Wildman–Crippen MR) is 103 cm³/mol. The highest BCUT2D eigenvalue weighted by Gasteiger charge is 2.23. The lowest BCUT2D eigenvalue weighted by Crippen LogP contribution is -2.36. The molecule has 9 nitrogen and oxygen atoms in total. The second kappa shape index (κ2) is 8.96. The molecule has 0 saturated carbocycles. The van der Waals surface area contributed by atoms with Crippen molar-refractivity contribution in [2.24, 2.45) is 5.73 Å². The molecule has 2 atom stereocenters. The van der Waals surface area contributed by atoms with Crippen LogP contribution in [0.5, 0.6) is 11.5 Å². The van der Waals surface area contributed by atoms with Crippen LogP contribution in [-0.4, -0.2) is 30.8 Å². The summed E-state index contributed by atoms with van der Waals surface area (Å²) in [6, 6.07) is 12.4. The number of carbonyl (C=O) groups is 3. The van der Waals surface area contributed by atoms with E-state index in [0.717, 1.165) is 0 Å². The zero-order valence-corrected chi connectivity index (χ0v) is 15.7. The van der Waals surface area contributed by atoms with Crippen LogP contribution >= 0.6 is 0 Å². The van der Waals surface area contributed by atoms with E-state index in [9.17, 15) is 14.4 Å². The molecule has 0 radical (unpaired) electrons. The summed E-state index contributed by atoms with van der Waals surface area (Å²) in [5.74, 6) is -0.0377. The minimum atomic E-state index is -1.04. The Labute approximate surface area is 167 Å². The van der Waals surface area contributed by atoms with Crippen molar-refractivity contribution in [3.63, 3.8) is 0 Å². The molecule has 0 saturated heterocycles. The molecule has 0 unspecified atom stereocenters. The number of anilines is 1. The van der Waals surface area contributed by atoms with Gasteiger partial charge in [-0.2, -0.15) is 0 Å². The van der Waals surface area contributed by atoms with Crippen molar-refractivity contribution >= 4 is 23.6 Å². The maximum absolute atomic E-state index is 12.3. The zero-order valence-electron chi connectivity index (χ0n) is 15.7. The molecule has 1 aliphatic heterocycles. The van der Waals surface area contributed by atoms with Gasteiger partial charge in [-0.05, 0) is 24.6 Å². The van der Waals surface area contributed by atoms with Crippen molar-refractivity contribution in [3.05, 3.63) is 54.1 Å². The molecule has 1 heterocycles. The summed E-state index contributed by atoms with van der Waals surface area (Å²) < 4.78 is 15.7. The van der Waals surface area contributed by atoms with Crippen molar-refractivity contribution in [2.75, 3.05) is 12.1 Å². The second-order valence-electron chi connectivity index (χ2n) is 6.37. The number of carbonyl (C=O) groups excluding carboxylic acids is 3. The van der Waals surface area contributed by atoms with E-state index >= 15 is 0 Å².